The fraction of sp³-hybridized carbons (Fsp3) is 0.467. The van der Waals surface area contributed by atoms with Gasteiger partial charge in [-0.25, -0.2) is 18.2 Å². The standard InChI is InChI=1S/C15H19FN4O5S/c16-11-6-10(18-15(23)17-9-4-2-1-3-5-9)7-12(21)14(11)20-8-13(22)19-26(20,24)25/h6-7,9,21H,1-5,8H2,(H,19,22)(H2,17,18,23). The molecule has 3 rings (SSSR count). The van der Waals surface area contributed by atoms with Crippen molar-refractivity contribution in [2.45, 2.75) is 38.1 Å². The van der Waals surface area contributed by atoms with E-state index in [1.165, 1.54) is 0 Å². The van der Waals surface area contributed by atoms with Crippen molar-refractivity contribution in [2.24, 2.45) is 0 Å². The number of phenols is 1. The third-order valence-corrected chi connectivity index (χ3v) is 5.69. The second-order valence-corrected chi connectivity index (χ2v) is 7.89. The van der Waals surface area contributed by atoms with E-state index in [1.807, 2.05) is 0 Å². The smallest absolute Gasteiger partial charge is 0.326 e. The van der Waals surface area contributed by atoms with Crippen molar-refractivity contribution in [3.63, 3.8) is 0 Å². The van der Waals surface area contributed by atoms with Gasteiger partial charge in [0.15, 0.2) is 5.82 Å². The second kappa shape index (κ2) is 6.98. The van der Waals surface area contributed by atoms with Gasteiger partial charge in [-0.2, -0.15) is 8.42 Å². The van der Waals surface area contributed by atoms with E-state index >= 15 is 0 Å². The zero-order valence-corrected chi connectivity index (χ0v) is 14.6. The van der Waals surface area contributed by atoms with E-state index in [1.54, 1.807) is 4.72 Å². The first kappa shape index (κ1) is 18.2. The van der Waals surface area contributed by atoms with Gasteiger partial charge >= 0.3 is 16.2 Å². The number of anilines is 2. The molecule has 11 heteroatoms. The first-order valence-electron chi connectivity index (χ1n) is 8.19. The van der Waals surface area contributed by atoms with Crippen LogP contribution in [0, 0.1) is 5.82 Å². The predicted octanol–water partition coefficient (Wildman–Crippen LogP) is 1.17. The van der Waals surface area contributed by atoms with Gasteiger partial charge in [-0.05, 0) is 18.9 Å². The van der Waals surface area contributed by atoms with Crippen molar-refractivity contribution in [1.29, 1.82) is 0 Å². The molecule has 9 nitrogen and oxygen atoms in total. The lowest BCUT2D eigenvalue weighted by atomic mass is 9.96. The average molecular weight is 386 g/mol. The van der Waals surface area contributed by atoms with Crippen molar-refractivity contribution in [3.8, 4) is 5.75 Å². The zero-order chi connectivity index (χ0) is 18.9. The summed E-state index contributed by atoms with van der Waals surface area (Å²) in [5, 5.41) is 15.2. The summed E-state index contributed by atoms with van der Waals surface area (Å²) in [7, 11) is -4.26. The highest BCUT2D eigenvalue weighted by atomic mass is 32.2. The summed E-state index contributed by atoms with van der Waals surface area (Å²) in [6.45, 7) is -0.637. The normalized spacial score (nSPS) is 19.9. The molecule has 0 radical (unpaired) electrons. The number of aromatic hydroxyl groups is 1. The number of nitrogens with zero attached hydrogens (tertiary/aromatic N) is 1. The molecule has 1 aromatic rings. The highest BCUT2D eigenvalue weighted by molar-refractivity contribution is 7.92. The molecule has 0 unspecified atom stereocenters. The summed E-state index contributed by atoms with van der Waals surface area (Å²) in [4.78, 5) is 23.3. The molecule has 0 bridgehead atoms. The van der Waals surface area contributed by atoms with E-state index < -0.39 is 45.9 Å². The number of benzene rings is 1. The van der Waals surface area contributed by atoms with Gasteiger partial charge < -0.3 is 15.7 Å². The number of amides is 3. The van der Waals surface area contributed by atoms with Crippen LogP contribution in [0.2, 0.25) is 0 Å². The van der Waals surface area contributed by atoms with Crippen LogP contribution >= 0.6 is 0 Å². The molecular formula is C15H19FN4O5S. The Balaban J connectivity index is 1.75. The summed E-state index contributed by atoms with van der Waals surface area (Å²) >= 11 is 0. The van der Waals surface area contributed by atoms with Crippen molar-refractivity contribution < 1.29 is 27.5 Å². The monoisotopic (exact) mass is 386 g/mol. The molecule has 1 saturated carbocycles. The highest BCUT2D eigenvalue weighted by Crippen LogP contribution is 2.36. The topological polar surface area (TPSA) is 128 Å². The lowest BCUT2D eigenvalue weighted by molar-refractivity contribution is -0.117. The van der Waals surface area contributed by atoms with E-state index in [-0.39, 0.29) is 11.7 Å². The molecule has 2 aliphatic rings. The Bertz CT molecular complexity index is 815. The van der Waals surface area contributed by atoms with E-state index in [0.29, 0.717) is 4.31 Å². The maximum atomic E-state index is 14.4. The third kappa shape index (κ3) is 3.82. The Morgan fingerprint density at radius 1 is 1.27 bits per heavy atom. The second-order valence-electron chi connectivity index (χ2n) is 6.30. The van der Waals surface area contributed by atoms with Crippen LogP contribution in [-0.4, -0.2) is 38.0 Å². The minimum Gasteiger partial charge on any atom is -0.506 e. The molecule has 3 amide bonds. The van der Waals surface area contributed by atoms with Crippen LogP contribution in [0.15, 0.2) is 12.1 Å². The Morgan fingerprint density at radius 3 is 2.54 bits per heavy atom. The Hall–Kier alpha value is -2.56. The molecule has 2 fully saturated rings. The van der Waals surface area contributed by atoms with Gasteiger partial charge in [-0.3, -0.25) is 4.79 Å². The van der Waals surface area contributed by atoms with E-state index in [2.05, 4.69) is 10.6 Å². The van der Waals surface area contributed by atoms with Crippen LogP contribution in [-0.2, 0) is 15.0 Å². The van der Waals surface area contributed by atoms with Crippen LogP contribution in [0.1, 0.15) is 32.1 Å². The molecule has 1 aliphatic carbocycles. The van der Waals surface area contributed by atoms with Gasteiger partial charge in [-0.15, -0.1) is 0 Å². The van der Waals surface area contributed by atoms with Crippen molar-refractivity contribution >= 4 is 33.5 Å². The van der Waals surface area contributed by atoms with Gasteiger partial charge in [0, 0.05) is 17.8 Å². The van der Waals surface area contributed by atoms with Crippen LogP contribution < -0.4 is 19.7 Å². The Labute approximate surface area is 149 Å². The summed E-state index contributed by atoms with van der Waals surface area (Å²) in [5.41, 5.74) is -0.686. The lowest BCUT2D eigenvalue weighted by Gasteiger charge is -2.23. The largest absolute Gasteiger partial charge is 0.506 e. The quantitative estimate of drug-likeness (QED) is 0.620. The minimum atomic E-state index is -4.26. The number of phenolic OH excluding ortho intramolecular Hbond substituents is 1. The summed E-state index contributed by atoms with van der Waals surface area (Å²) in [6, 6.07) is 1.42. The SMILES string of the molecule is O=C1CN(c2c(O)cc(NC(=O)NC3CCCCC3)cc2F)S(=O)(=O)N1. The van der Waals surface area contributed by atoms with Crippen LogP contribution in [0.3, 0.4) is 0 Å². The number of nitrogens with one attached hydrogen (secondary N) is 3. The van der Waals surface area contributed by atoms with Crippen molar-refractivity contribution in [1.82, 2.24) is 10.0 Å². The number of hydrogen-bond donors (Lipinski definition) is 4. The summed E-state index contributed by atoms with van der Waals surface area (Å²) in [6.07, 6.45) is 4.95. The maximum Gasteiger partial charge on any atom is 0.326 e. The predicted molar refractivity (Wildman–Crippen MR) is 91.5 cm³/mol. The first-order chi connectivity index (χ1) is 12.3. The molecule has 1 aromatic carbocycles. The minimum absolute atomic E-state index is 0.0343. The van der Waals surface area contributed by atoms with Crippen LogP contribution in [0.4, 0.5) is 20.6 Å². The maximum absolute atomic E-state index is 14.4. The molecule has 4 N–H and O–H groups in total. The Morgan fingerprint density at radius 2 is 1.96 bits per heavy atom. The van der Waals surface area contributed by atoms with Crippen molar-refractivity contribution in [2.75, 3.05) is 16.2 Å². The van der Waals surface area contributed by atoms with Crippen molar-refractivity contribution in [3.05, 3.63) is 17.9 Å². The van der Waals surface area contributed by atoms with Gasteiger partial charge in [0.25, 0.3) is 5.91 Å². The number of urea groups is 1. The number of rotatable bonds is 3. The zero-order valence-electron chi connectivity index (χ0n) is 13.8. The Kier molecular flexibility index (Phi) is 4.90. The summed E-state index contributed by atoms with van der Waals surface area (Å²) in [5.74, 6) is -2.63. The molecule has 0 spiro atoms. The number of carbonyl (C=O) groups excluding carboxylic acids is 2. The molecule has 26 heavy (non-hydrogen) atoms. The van der Waals surface area contributed by atoms with Gasteiger partial charge in [-0.1, -0.05) is 19.3 Å². The highest BCUT2D eigenvalue weighted by Gasteiger charge is 2.37. The molecule has 1 aliphatic heterocycles. The van der Waals surface area contributed by atoms with E-state index in [0.717, 1.165) is 44.2 Å². The van der Waals surface area contributed by atoms with E-state index in [9.17, 15) is 27.5 Å². The molecule has 1 heterocycles. The number of carbonyl (C=O) groups is 2. The molecule has 0 aromatic heterocycles. The average Bonchev–Trinajstić information content (AvgIpc) is 2.80. The molecule has 1 saturated heterocycles. The van der Waals surface area contributed by atoms with Gasteiger partial charge in [0.05, 0.1) is 0 Å². The first-order valence-corrected chi connectivity index (χ1v) is 9.63. The molecule has 142 valence electrons. The van der Waals surface area contributed by atoms with Crippen LogP contribution in [0.5, 0.6) is 5.75 Å². The summed E-state index contributed by atoms with van der Waals surface area (Å²) < 4.78 is 40.1. The fourth-order valence-electron chi connectivity index (χ4n) is 3.15. The molecular weight excluding hydrogens is 367 g/mol. The van der Waals surface area contributed by atoms with Gasteiger partial charge in [0.2, 0.25) is 0 Å². The fourth-order valence-corrected chi connectivity index (χ4v) is 4.32. The van der Waals surface area contributed by atoms with E-state index in [4.69, 9.17) is 0 Å². The number of hydrogen-bond acceptors (Lipinski definition) is 5. The number of halogens is 1. The lowest BCUT2D eigenvalue weighted by Crippen LogP contribution is -2.39. The van der Waals surface area contributed by atoms with Gasteiger partial charge in [0.1, 0.15) is 18.0 Å². The third-order valence-electron chi connectivity index (χ3n) is 4.31. The van der Waals surface area contributed by atoms with Crippen LogP contribution in [0.25, 0.3) is 0 Å². The molecule has 0 atom stereocenters.